The van der Waals surface area contributed by atoms with Crippen LogP contribution in [-0.4, -0.2) is 94.0 Å². The zero-order valence-corrected chi connectivity index (χ0v) is 30.6. The molecular formula is C37H50N6O7S. The van der Waals surface area contributed by atoms with Crippen LogP contribution in [0.5, 0.6) is 0 Å². The second kappa shape index (κ2) is 18.3. The number of urea groups is 1. The molecule has 3 N–H and O–H groups in total. The molecule has 2 aromatic carbocycles. The molecule has 13 nitrogen and oxygen atoms in total. The number of nitroso groups, excluding NO2 is 1. The van der Waals surface area contributed by atoms with E-state index >= 15 is 0 Å². The summed E-state index contributed by atoms with van der Waals surface area (Å²) in [5, 5.41) is 27.2. The molecular weight excluding hydrogens is 673 g/mol. The van der Waals surface area contributed by atoms with Gasteiger partial charge in [0.2, 0.25) is 15.9 Å². The lowest BCUT2D eigenvalue weighted by atomic mass is 9.95. The number of carbonyl (C=O) groups excluding carboxylic acids is 2. The summed E-state index contributed by atoms with van der Waals surface area (Å²) in [6, 6.07) is 18.4. The van der Waals surface area contributed by atoms with E-state index in [1.807, 2.05) is 58.0 Å². The molecule has 1 aliphatic rings. The molecule has 51 heavy (non-hydrogen) atoms. The van der Waals surface area contributed by atoms with E-state index in [2.05, 4.69) is 15.5 Å². The summed E-state index contributed by atoms with van der Waals surface area (Å²) in [5.41, 5.74) is 2.54. The van der Waals surface area contributed by atoms with Gasteiger partial charge in [-0.25, -0.2) is 13.2 Å². The van der Waals surface area contributed by atoms with Crippen LogP contribution in [0.4, 0.5) is 4.79 Å². The third-order valence-corrected chi connectivity index (χ3v) is 11.0. The summed E-state index contributed by atoms with van der Waals surface area (Å²) in [6.45, 7) is 8.07. The van der Waals surface area contributed by atoms with Crippen LogP contribution >= 0.6 is 0 Å². The zero-order valence-electron chi connectivity index (χ0n) is 29.8. The van der Waals surface area contributed by atoms with Crippen LogP contribution in [-0.2, 0) is 40.9 Å². The number of hydrogen-bond acceptors (Lipinski definition) is 9. The van der Waals surface area contributed by atoms with Gasteiger partial charge in [0.15, 0.2) is 0 Å². The van der Waals surface area contributed by atoms with Gasteiger partial charge in [0, 0.05) is 26.2 Å². The molecule has 3 amide bonds. The molecule has 276 valence electrons. The summed E-state index contributed by atoms with van der Waals surface area (Å²) < 4.78 is 29.0. The maximum Gasteiger partial charge on any atom is 0.321 e. The number of aliphatic hydroxyl groups excluding tert-OH is 2. The van der Waals surface area contributed by atoms with Crippen molar-refractivity contribution >= 4 is 22.0 Å². The molecule has 0 aliphatic carbocycles. The van der Waals surface area contributed by atoms with Gasteiger partial charge in [-0.05, 0) is 53.6 Å². The van der Waals surface area contributed by atoms with Gasteiger partial charge in [0.05, 0.1) is 41.6 Å². The van der Waals surface area contributed by atoms with Crippen LogP contribution in [0.2, 0.25) is 0 Å². The Morgan fingerprint density at radius 1 is 0.961 bits per heavy atom. The molecule has 14 heteroatoms. The number of benzene rings is 2. The highest BCUT2D eigenvalue weighted by molar-refractivity contribution is 7.89. The Bertz CT molecular complexity index is 1710. The van der Waals surface area contributed by atoms with Crippen molar-refractivity contribution in [2.75, 3.05) is 26.2 Å². The largest absolute Gasteiger partial charge is 0.390 e. The minimum atomic E-state index is -4.07. The monoisotopic (exact) mass is 722 g/mol. The van der Waals surface area contributed by atoms with E-state index in [0.29, 0.717) is 36.5 Å². The number of pyridine rings is 1. The lowest BCUT2D eigenvalue weighted by Gasteiger charge is -2.35. The quantitative estimate of drug-likeness (QED) is 0.156. The summed E-state index contributed by atoms with van der Waals surface area (Å²) >= 11 is 0. The summed E-state index contributed by atoms with van der Waals surface area (Å²) in [4.78, 5) is 46.3. The van der Waals surface area contributed by atoms with Gasteiger partial charge >= 0.3 is 6.03 Å². The van der Waals surface area contributed by atoms with Crippen molar-refractivity contribution in [2.45, 2.75) is 83.3 Å². The number of nitrogens with one attached hydrogen (secondary N) is 1. The van der Waals surface area contributed by atoms with Crippen molar-refractivity contribution in [1.82, 2.24) is 24.4 Å². The Hall–Kier alpha value is -4.24. The molecule has 0 bridgehead atoms. The number of aliphatic hydroxyl groups is 2. The van der Waals surface area contributed by atoms with Gasteiger partial charge in [-0.15, -0.1) is 0 Å². The Kier molecular flexibility index (Phi) is 14.2. The van der Waals surface area contributed by atoms with Crippen molar-refractivity contribution in [3.05, 3.63) is 100 Å². The van der Waals surface area contributed by atoms with Crippen LogP contribution < -0.4 is 5.32 Å². The minimum absolute atomic E-state index is 0.0147. The van der Waals surface area contributed by atoms with Crippen molar-refractivity contribution in [3.8, 4) is 0 Å². The summed E-state index contributed by atoms with van der Waals surface area (Å²) in [7, 11) is -4.07. The van der Waals surface area contributed by atoms with Crippen molar-refractivity contribution in [1.29, 1.82) is 0 Å². The van der Waals surface area contributed by atoms with Gasteiger partial charge in [-0.3, -0.25) is 9.78 Å². The van der Waals surface area contributed by atoms with Crippen LogP contribution in [0, 0.1) is 16.7 Å². The number of sulfonamides is 1. The van der Waals surface area contributed by atoms with E-state index in [9.17, 15) is 33.1 Å². The second-order valence-electron chi connectivity index (χ2n) is 13.5. The topological polar surface area (TPSA) is 173 Å². The first kappa shape index (κ1) is 39.5. The average molecular weight is 723 g/mol. The third-order valence-electron chi connectivity index (χ3n) is 9.15. The summed E-state index contributed by atoms with van der Waals surface area (Å²) in [6.07, 6.45) is -0.484. The Labute approximate surface area is 300 Å². The van der Waals surface area contributed by atoms with Crippen LogP contribution in [0.1, 0.15) is 56.6 Å². The maximum absolute atomic E-state index is 14.3. The fourth-order valence-electron chi connectivity index (χ4n) is 6.26. The normalized spacial score (nSPS) is 16.0. The fraction of sp³-hybridized carbons (Fsp3) is 0.486. The number of nitrogens with zero attached hydrogens (tertiary/aromatic N) is 5. The molecule has 4 atom stereocenters. The van der Waals surface area contributed by atoms with Gasteiger partial charge < -0.3 is 25.3 Å². The molecule has 1 saturated heterocycles. The van der Waals surface area contributed by atoms with Gasteiger partial charge in [0.1, 0.15) is 12.6 Å². The third kappa shape index (κ3) is 10.4. The van der Waals surface area contributed by atoms with Crippen molar-refractivity contribution in [3.63, 3.8) is 0 Å². The Balaban J connectivity index is 1.58. The van der Waals surface area contributed by atoms with E-state index in [4.69, 9.17) is 0 Å². The lowest BCUT2D eigenvalue weighted by Crippen LogP contribution is -2.57. The van der Waals surface area contributed by atoms with Crippen LogP contribution in [0.15, 0.2) is 82.9 Å². The molecule has 3 aromatic rings. The second-order valence-corrected chi connectivity index (χ2v) is 15.5. The van der Waals surface area contributed by atoms with E-state index in [1.54, 1.807) is 28.0 Å². The van der Waals surface area contributed by atoms with Gasteiger partial charge in [-0.1, -0.05) is 87.8 Å². The predicted octanol–water partition coefficient (Wildman–Crippen LogP) is 3.93. The predicted molar refractivity (Wildman–Crippen MR) is 194 cm³/mol. The number of rotatable bonds is 19. The molecule has 0 unspecified atom stereocenters. The van der Waals surface area contributed by atoms with Crippen LogP contribution in [0.3, 0.4) is 0 Å². The average Bonchev–Trinajstić information content (AvgIpc) is 3.46. The van der Waals surface area contributed by atoms with Crippen molar-refractivity contribution < 1.29 is 28.2 Å². The molecule has 1 fully saturated rings. The highest BCUT2D eigenvalue weighted by Gasteiger charge is 2.41. The first-order valence-corrected chi connectivity index (χ1v) is 18.8. The van der Waals surface area contributed by atoms with Crippen LogP contribution in [0.25, 0.3) is 0 Å². The van der Waals surface area contributed by atoms with Crippen molar-refractivity contribution in [2.24, 2.45) is 17.0 Å². The fourth-order valence-corrected chi connectivity index (χ4v) is 7.88. The molecule has 0 saturated carbocycles. The highest BCUT2D eigenvalue weighted by Crippen LogP contribution is 2.24. The first-order valence-electron chi connectivity index (χ1n) is 17.4. The smallest absolute Gasteiger partial charge is 0.321 e. The molecule has 0 radical (unpaired) electrons. The van der Waals surface area contributed by atoms with E-state index in [0.717, 1.165) is 5.56 Å². The van der Waals surface area contributed by atoms with Gasteiger partial charge in [0.25, 0.3) is 0 Å². The minimum Gasteiger partial charge on any atom is -0.390 e. The van der Waals surface area contributed by atoms with Gasteiger partial charge in [-0.2, -0.15) is 9.21 Å². The lowest BCUT2D eigenvalue weighted by molar-refractivity contribution is -0.128. The zero-order chi connectivity index (χ0) is 37.1. The maximum atomic E-state index is 14.3. The Morgan fingerprint density at radius 2 is 1.65 bits per heavy atom. The standard InChI is InChI=1S/C37H50N6O7S/c1-5-27(4)35(43-19-18-41(37(43)47)23-30-12-9-13-31(25-44)39-30)36(46)40-33(20-28-10-7-6-8-11-28)34(45)24-42(22-26(2)3)51(49,50)32-16-14-29(15-17-32)21-38-48/h6-17,26-27,33-35,44-45H,5,18-25H2,1-4H3,(H,40,46)/t27-,33-,34+,35-/m0/s1. The molecule has 1 aliphatic heterocycles. The Morgan fingerprint density at radius 3 is 2.27 bits per heavy atom. The number of carbonyl (C=O) groups is 2. The molecule has 1 aromatic heterocycles. The number of amides is 3. The number of aromatic nitrogens is 1. The summed E-state index contributed by atoms with van der Waals surface area (Å²) in [5.74, 6) is -0.736. The van der Waals surface area contributed by atoms with E-state index in [1.165, 1.54) is 28.6 Å². The number of hydrogen-bond donors (Lipinski definition) is 3. The molecule has 2 heterocycles. The van der Waals surface area contributed by atoms with E-state index < -0.39 is 34.1 Å². The van der Waals surface area contributed by atoms with E-state index in [-0.39, 0.29) is 62.0 Å². The molecule has 0 spiro atoms. The highest BCUT2D eigenvalue weighted by atomic mass is 32.2. The molecule has 4 rings (SSSR count). The first-order chi connectivity index (χ1) is 24.4. The SMILES string of the molecule is CC[C@H](C)[C@@H](C(=O)N[C@@H](Cc1ccccc1)[C@H](O)CN(CC(C)C)S(=O)(=O)c1ccc(CN=O)cc1)N1CCN(Cc2cccc(CO)n2)C1=O.